The van der Waals surface area contributed by atoms with Gasteiger partial charge in [0.2, 0.25) is 0 Å². The molecular formula is C15H21FN2O3. The number of rotatable bonds is 5. The predicted octanol–water partition coefficient (Wildman–Crippen LogP) is 1.67. The minimum absolute atomic E-state index is 0.0238. The Morgan fingerprint density at radius 1 is 1.38 bits per heavy atom. The second-order valence-corrected chi connectivity index (χ2v) is 5.04. The minimum Gasteiger partial charge on any atom is -0.493 e. The Labute approximate surface area is 124 Å². The number of amides is 1. The van der Waals surface area contributed by atoms with E-state index in [1.54, 1.807) is 4.90 Å². The molecule has 0 saturated carbocycles. The second kappa shape index (κ2) is 6.76. The lowest BCUT2D eigenvalue weighted by Crippen LogP contribution is -2.41. The van der Waals surface area contributed by atoms with Gasteiger partial charge in [0.1, 0.15) is 5.82 Å². The number of benzene rings is 1. The summed E-state index contributed by atoms with van der Waals surface area (Å²) in [7, 11) is 4.74. The number of methoxy groups -OCH3 is 2. The Balaban J connectivity index is 2.30. The summed E-state index contributed by atoms with van der Waals surface area (Å²) in [5, 5.41) is 3.07. The molecule has 1 heterocycles. The van der Waals surface area contributed by atoms with Gasteiger partial charge in [-0.05, 0) is 26.0 Å². The van der Waals surface area contributed by atoms with Crippen LogP contribution in [0.5, 0.6) is 11.5 Å². The molecule has 1 saturated heterocycles. The number of halogens is 1. The topological polar surface area (TPSA) is 50.8 Å². The smallest absolute Gasteiger partial charge is 0.257 e. The largest absolute Gasteiger partial charge is 0.493 e. The maximum absolute atomic E-state index is 14.2. The lowest BCUT2D eigenvalue weighted by molar-refractivity contribution is 0.0732. The van der Waals surface area contributed by atoms with Gasteiger partial charge in [0.15, 0.2) is 11.5 Å². The van der Waals surface area contributed by atoms with Crippen LogP contribution < -0.4 is 14.8 Å². The van der Waals surface area contributed by atoms with Crippen molar-refractivity contribution in [1.82, 2.24) is 10.2 Å². The van der Waals surface area contributed by atoms with Gasteiger partial charge in [-0.2, -0.15) is 0 Å². The molecule has 1 aromatic rings. The zero-order valence-electron chi connectivity index (χ0n) is 12.6. The van der Waals surface area contributed by atoms with E-state index in [0.29, 0.717) is 18.8 Å². The molecule has 0 bridgehead atoms. The second-order valence-electron chi connectivity index (χ2n) is 5.04. The monoisotopic (exact) mass is 296 g/mol. The molecule has 1 atom stereocenters. The summed E-state index contributed by atoms with van der Waals surface area (Å²) in [5.74, 6) is -0.259. The molecule has 6 heteroatoms. The van der Waals surface area contributed by atoms with Crippen molar-refractivity contribution in [3.8, 4) is 11.5 Å². The van der Waals surface area contributed by atoms with Crippen LogP contribution in [0.4, 0.5) is 4.39 Å². The van der Waals surface area contributed by atoms with Gasteiger partial charge in [-0.1, -0.05) is 0 Å². The van der Waals surface area contributed by atoms with Crippen LogP contribution in [0.1, 0.15) is 23.2 Å². The first-order valence-corrected chi connectivity index (χ1v) is 6.99. The molecular weight excluding hydrogens is 275 g/mol. The lowest BCUT2D eigenvalue weighted by atomic mass is 10.1. The highest BCUT2D eigenvalue weighted by atomic mass is 19.1. The van der Waals surface area contributed by atoms with E-state index in [-0.39, 0.29) is 23.3 Å². The zero-order valence-corrected chi connectivity index (χ0v) is 12.6. The molecule has 1 fully saturated rings. The molecule has 1 aliphatic heterocycles. The molecule has 5 nitrogen and oxygen atoms in total. The highest BCUT2D eigenvalue weighted by Gasteiger charge is 2.31. The fourth-order valence-electron chi connectivity index (χ4n) is 2.72. The van der Waals surface area contributed by atoms with Gasteiger partial charge >= 0.3 is 0 Å². The lowest BCUT2D eigenvalue weighted by Gasteiger charge is -2.25. The average molecular weight is 296 g/mol. The van der Waals surface area contributed by atoms with E-state index >= 15 is 0 Å². The van der Waals surface area contributed by atoms with Crippen molar-refractivity contribution < 1.29 is 18.7 Å². The predicted molar refractivity (Wildman–Crippen MR) is 77.5 cm³/mol. The van der Waals surface area contributed by atoms with E-state index in [2.05, 4.69) is 5.32 Å². The molecule has 1 N–H and O–H groups in total. The third-order valence-corrected chi connectivity index (χ3v) is 3.78. The van der Waals surface area contributed by atoms with Crippen LogP contribution in [0, 0.1) is 5.82 Å². The Hall–Kier alpha value is -1.82. The molecule has 2 rings (SSSR count). The van der Waals surface area contributed by atoms with Crippen LogP contribution in [0.3, 0.4) is 0 Å². The van der Waals surface area contributed by atoms with Crippen molar-refractivity contribution in [2.45, 2.75) is 18.9 Å². The Morgan fingerprint density at radius 3 is 2.67 bits per heavy atom. The number of nitrogens with one attached hydrogen (secondary N) is 1. The maximum atomic E-state index is 14.2. The van der Waals surface area contributed by atoms with E-state index in [0.717, 1.165) is 12.8 Å². The van der Waals surface area contributed by atoms with Crippen molar-refractivity contribution in [3.63, 3.8) is 0 Å². The standard InChI is InChI=1S/C15H21FN2O3/c1-17-9-10-5-4-6-18(10)15(19)11-7-13(20-2)14(21-3)8-12(11)16/h7-8,10,17H,4-6,9H2,1-3H3. The van der Waals surface area contributed by atoms with E-state index in [4.69, 9.17) is 9.47 Å². The van der Waals surface area contributed by atoms with Crippen LogP contribution in [-0.4, -0.2) is 51.2 Å². The first-order valence-electron chi connectivity index (χ1n) is 6.99. The fraction of sp³-hybridized carbons (Fsp3) is 0.533. The normalized spacial score (nSPS) is 17.9. The van der Waals surface area contributed by atoms with Gasteiger partial charge in [0.05, 0.1) is 19.8 Å². The highest BCUT2D eigenvalue weighted by molar-refractivity contribution is 5.95. The van der Waals surface area contributed by atoms with E-state index in [1.165, 1.54) is 26.4 Å². The molecule has 1 aromatic carbocycles. The summed E-state index contributed by atoms with van der Waals surface area (Å²) in [5.41, 5.74) is 0.0238. The Kier molecular flexibility index (Phi) is 5.01. The van der Waals surface area contributed by atoms with Crippen LogP contribution in [0.25, 0.3) is 0 Å². The van der Waals surface area contributed by atoms with Crippen LogP contribution in [0.15, 0.2) is 12.1 Å². The highest BCUT2D eigenvalue weighted by Crippen LogP contribution is 2.31. The minimum atomic E-state index is -0.590. The summed E-state index contributed by atoms with van der Waals surface area (Å²) in [6.07, 6.45) is 1.87. The zero-order chi connectivity index (χ0) is 15.4. The summed E-state index contributed by atoms with van der Waals surface area (Å²) >= 11 is 0. The number of carbonyl (C=O) groups is 1. The third-order valence-electron chi connectivity index (χ3n) is 3.78. The average Bonchev–Trinajstić information content (AvgIpc) is 2.94. The maximum Gasteiger partial charge on any atom is 0.257 e. The summed E-state index contributed by atoms with van der Waals surface area (Å²) < 4.78 is 24.4. The third kappa shape index (κ3) is 3.10. The van der Waals surface area contributed by atoms with Gasteiger partial charge in [0.25, 0.3) is 5.91 Å². The Morgan fingerprint density at radius 2 is 2.05 bits per heavy atom. The van der Waals surface area contributed by atoms with E-state index in [9.17, 15) is 9.18 Å². The van der Waals surface area contributed by atoms with Gasteiger partial charge in [-0.15, -0.1) is 0 Å². The van der Waals surface area contributed by atoms with Crippen LogP contribution in [-0.2, 0) is 0 Å². The van der Waals surface area contributed by atoms with Crippen LogP contribution in [0.2, 0.25) is 0 Å². The number of ether oxygens (including phenoxy) is 2. The molecule has 0 radical (unpaired) electrons. The van der Waals surface area contributed by atoms with Crippen molar-refractivity contribution in [3.05, 3.63) is 23.5 Å². The van der Waals surface area contributed by atoms with Gasteiger partial charge in [-0.3, -0.25) is 4.79 Å². The number of hydrogen-bond acceptors (Lipinski definition) is 4. The molecule has 1 unspecified atom stereocenters. The fourth-order valence-corrected chi connectivity index (χ4v) is 2.72. The molecule has 21 heavy (non-hydrogen) atoms. The van der Waals surface area contributed by atoms with Crippen LogP contribution >= 0.6 is 0 Å². The van der Waals surface area contributed by atoms with Crippen molar-refractivity contribution in [2.75, 3.05) is 34.4 Å². The van der Waals surface area contributed by atoms with Gasteiger partial charge < -0.3 is 19.7 Å². The van der Waals surface area contributed by atoms with E-state index < -0.39 is 5.82 Å². The first kappa shape index (κ1) is 15.6. The number of likely N-dealkylation sites (tertiary alicyclic amines) is 1. The molecule has 1 aliphatic rings. The van der Waals surface area contributed by atoms with Crippen molar-refractivity contribution in [2.24, 2.45) is 0 Å². The number of carbonyl (C=O) groups excluding carboxylic acids is 1. The number of hydrogen-bond donors (Lipinski definition) is 1. The molecule has 0 aliphatic carbocycles. The number of nitrogens with zero attached hydrogens (tertiary/aromatic N) is 1. The quantitative estimate of drug-likeness (QED) is 0.898. The van der Waals surface area contributed by atoms with Crippen molar-refractivity contribution >= 4 is 5.91 Å². The number of likely N-dealkylation sites (N-methyl/N-ethyl adjacent to an activating group) is 1. The molecule has 1 amide bonds. The Bertz CT molecular complexity index is 522. The SMILES string of the molecule is CNCC1CCCN1C(=O)c1cc(OC)c(OC)cc1F. The van der Waals surface area contributed by atoms with Crippen molar-refractivity contribution in [1.29, 1.82) is 0 Å². The van der Waals surface area contributed by atoms with Gasteiger partial charge in [0, 0.05) is 25.2 Å². The molecule has 0 aromatic heterocycles. The molecule has 116 valence electrons. The summed E-state index contributed by atoms with van der Waals surface area (Å²) in [4.78, 5) is 14.3. The van der Waals surface area contributed by atoms with Gasteiger partial charge in [-0.25, -0.2) is 4.39 Å². The molecule has 0 spiro atoms. The summed E-state index contributed by atoms with van der Waals surface area (Å²) in [6, 6.07) is 2.70. The summed E-state index contributed by atoms with van der Waals surface area (Å²) in [6.45, 7) is 1.36. The van der Waals surface area contributed by atoms with E-state index in [1.807, 2.05) is 7.05 Å². The first-order chi connectivity index (χ1) is 10.1.